The van der Waals surface area contributed by atoms with Crippen LogP contribution >= 0.6 is 11.5 Å². The van der Waals surface area contributed by atoms with Gasteiger partial charge in [0.1, 0.15) is 0 Å². The molecule has 2 aromatic heterocycles. The quantitative estimate of drug-likeness (QED) is 0.817. The van der Waals surface area contributed by atoms with Crippen molar-refractivity contribution in [3.63, 3.8) is 0 Å². The minimum Gasteiger partial charge on any atom is -0.353 e. The van der Waals surface area contributed by atoms with Crippen molar-refractivity contribution < 1.29 is 9.32 Å². The first kappa shape index (κ1) is 16.4. The van der Waals surface area contributed by atoms with E-state index in [1.54, 1.807) is 0 Å². The average molecular weight is 363 g/mol. The van der Waals surface area contributed by atoms with E-state index >= 15 is 0 Å². The minimum absolute atomic E-state index is 0.0151. The van der Waals surface area contributed by atoms with Crippen molar-refractivity contribution >= 4 is 22.6 Å². The molecule has 0 spiro atoms. The Bertz CT molecular complexity index is 755. The molecule has 2 aliphatic rings. The molecule has 9 nitrogen and oxygen atoms in total. The molecule has 1 N–H and O–H groups in total. The van der Waals surface area contributed by atoms with E-state index in [9.17, 15) is 4.79 Å². The van der Waals surface area contributed by atoms with E-state index in [1.165, 1.54) is 11.5 Å². The third-order valence-corrected chi connectivity index (χ3v) is 5.31. The van der Waals surface area contributed by atoms with Gasteiger partial charge in [-0.3, -0.25) is 9.69 Å². The van der Waals surface area contributed by atoms with E-state index in [-0.39, 0.29) is 23.8 Å². The highest BCUT2D eigenvalue weighted by Gasteiger charge is 2.33. The summed E-state index contributed by atoms with van der Waals surface area (Å²) in [6.45, 7) is 1.56. The van der Waals surface area contributed by atoms with Gasteiger partial charge in [-0.2, -0.15) is 9.36 Å². The fourth-order valence-corrected chi connectivity index (χ4v) is 3.50. The highest BCUT2D eigenvalue weighted by Crippen LogP contribution is 2.32. The lowest BCUT2D eigenvalue weighted by molar-refractivity contribution is 0.0937. The van der Waals surface area contributed by atoms with Crippen LogP contribution in [0.1, 0.15) is 54.1 Å². The van der Waals surface area contributed by atoms with Crippen molar-refractivity contribution in [1.29, 1.82) is 0 Å². The van der Waals surface area contributed by atoms with E-state index in [0.29, 0.717) is 12.4 Å². The summed E-state index contributed by atoms with van der Waals surface area (Å²) >= 11 is 1.39. The SMILES string of the molecule is CN(C)c1nc(CN2CCC[C@@H]2c2nc(C(=O)NC3CC3)no2)ns1. The number of nitrogens with zero attached hydrogens (tertiary/aromatic N) is 6. The standard InChI is InChI=1S/C15H21N7O2S/c1-21(2)15-17-11(20-25-15)8-22-7-3-4-10(22)14-18-12(19-24-14)13(23)16-9-5-6-9/h9-10H,3-8H2,1-2H3,(H,16,23)/t10-/m1/s1. The maximum Gasteiger partial charge on any atom is 0.292 e. The second-order valence-electron chi connectivity index (χ2n) is 6.72. The third kappa shape index (κ3) is 3.64. The van der Waals surface area contributed by atoms with Gasteiger partial charge < -0.3 is 14.7 Å². The Hall–Kier alpha value is -2.07. The molecule has 4 rings (SSSR count). The number of aromatic nitrogens is 4. The maximum atomic E-state index is 12.0. The molecule has 1 saturated carbocycles. The van der Waals surface area contributed by atoms with Crippen molar-refractivity contribution in [1.82, 2.24) is 29.7 Å². The monoisotopic (exact) mass is 363 g/mol. The number of carbonyl (C=O) groups excluding carboxylic acids is 1. The summed E-state index contributed by atoms with van der Waals surface area (Å²) in [6, 6.07) is 0.292. The molecule has 10 heteroatoms. The highest BCUT2D eigenvalue weighted by molar-refractivity contribution is 7.09. The number of rotatable bonds is 6. The fourth-order valence-electron chi connectivity index (χ4n) is 2.91. The molecule has 2 fully saturated rings. The van der Waals surface area contributed by atoms with Gasteiger partial charge in [0.2, 0.25) is 11.0 Å². The largest absolute Gasteiger partial charge is 0.353 e. The number of anilines is 1. The number of hydrogen-bond acceptors (Lipinski definition) is 9. The average Bonchev–Trinajstić information content (AvgIpc) is 3.01. The predicted octanol–water partition coefficient (Wildman–Crippen LogP) is 1.22. The first-order chi connectivity index (χ1) is 12.1. The van der Waals surface area contributed by atoms with E-state index in [4.69, 9.17) is 4.52 Å². The van der Waals surface area contributed by atoms with Crippen LogP contribution in [0.3, 0.4) is 0 Å². The van der Waals surface area contributed by atoms with Gasteiger partial charge in [0.25, 0.3) is 11.7 Å². The van der Waals surface area contributed by atoms with Crippen LogP contribution in [0, 0.1) is 0 Å². The molecule has 134 valence electrons. The molecule has 1 aliphatic carbocycles. The van der Waals surface area contributed by atoms with E-state index in [1.807, 2.05) is 19.0 Å². The lowest BCUT2D eigenvalue weighted by Crippen LogP contribution is -2.27. The lowest BCUT2D eigenvalue weighted by atomic mass is 10.2. The van der Waals surface area contributed by atoms with E-state index in [0.717, 1.165) is 43.2 Å². The highest BCUT2D eigenvalue weighted by atomic mass is 32.1. The number of amides is 1. The number of likely N-dealkylation sites (tertiary alicyclic amines) is 1. The van der Waals surface area contributed by atoms with Crippen molar-refractivity contribution in [2.75, 3.05) is 25.5 Å². The van der Waals surface area contributed by atoms with Gasteiger partial charge in [-0.05, 0) is 32.2 Å². The van der Waals surface area contributed by atoms with Gasteiger partial charge in [-0.15, -0.1) is 0 Å². The Morgan fingerprint density at radius 2 is 2.20 bits per heavy atom. The Morgan fingerprint density at radius 1 is 1.36 bits per heavy atom. The molecule has 0 bridgehead atoms. The Kier molecular flexibility index (Phi) is 4.38. The summed E-state index contributed by atoms with van der Waals surface area (Å²) in [6.07, 6.45) is 4.03. The molecule has 1 atom stereocenters. The van der Waals surface area contributed by atoms with Crippen LogP contribution in [0.5, 0.6) is 0 Å². The van der Waals surface area contributed by atoms with Crippen LogP contribution in [-0.2, 0) is 6.54 Å². The zero-order valence-corrected chi connectivity index (χ0v) is 15.1. The molecule has 2 aromatic rings. The normalized spacial score (nSPS) is 20.8. The molecule has 1 amide bonds. The van der Waals surface area contributed by atoms with Gasteiger partial charge >= 0.3 is 0 Å². The van der Waals surface area contributed by atoms with Gasteiger partial charge in [0.05, 0.1) is 12.6 Å². The molecule has 25 heavy (non-hydrogen) atoms. The van der Waals surface area contributed by atoms with Gasteiger partial charge in [-0.1, -0.05) is 5.16 Å². The van der Waals surface area contributed by atoms with Gasteiger partial charge in [0, 0.05) is 31.7 Å². The van der Waals surface area contributed by atoms with E-state index < -0.39 is 0 Å². The molecular weight excluding hydrogens is 342 g/mol. The van der Waals surface area contributed by atoms with Gasteiger partial charge in [-0.25, -0.2) is 4.98 Å². The van der Waals surface area contributed by atoms with Crippen molar-refractivity contribution in [3.8, 4) is 0 Å². The Morgan fingerprint density at radius 3 is 2.92 bits per heavy atom. The summed E-state index contributed by atoms with van der Waals surface area (Å²) in [5, 5.41) is 7.62. The molecular formula is C15H21N7O2S. The lowest BCUT2D eigenvalue weighted by Gasteiger charge is -2.19. The summed E-state index contributed by atoms with van der Waals surface area (Å²) in [5.74, 6) is 1.17. The first-order valence-corrected chi connectivity index (χ1v) is 9.26. The van der Waals surface area contributed by atoms with Crippen LogP contribution in [0.15, 0.2) is 4.52 Å². The second-order valence-corrected chi connectivity index (χ2v) is 7.45. The Labute approximate surface area is 149 Å². The van der Waals surface area contributed by atoms with Crippen molar-refractivity contribution in [2.45, 2.75) is 44.3 Å². The van der Waals surface area contributed by atoms with Crippen LogP contribution < -0.4 is 10.2 Å². The number of nitrogens with one attached hydrogen (secondary N) is 1. The van der Waals surface area contributed by atoms with Crippen LogP contribution in [-0.4, -0.2) is 57.0 Å². The third-order valence-electron chi connectivity index (χ3n) is 4.39. The number of hydrogen-bond donors (Lipinski definition) is 1. The first-order valence-electron chi connectivity index (χ1n) is 8.48. The van der Waals surface area contributed by atoms with Crippen LogP contribution in [0.4, 0.5) is 5.13 Å². The Balaban J connectivity index is 1.43. The zero-order chi connectivity index (χ0) is 17.4. The predicted molar refractivity (Wildman–Crippen MR) is 91.4 cm³/mol. The fraction of sp³-hybridized carbons (Fsp3) is 0.667. The van der Waals surface area contributed by atoms with Crippen LogP contribution in [0.2, 0.25) is 0 Å². The van der Waals surface area contributed by atoms with Gasteiger partial charge in [0.15, 0.2) is 5.82 Å². The smallest absolute Gasteiger partial charge is 0.292 e. The molecule has 1 aliphatic heterocycles. The molecule has 0 radical (unpaired) electrons. The molecule has 0 unspecified atom stereocenters. The maximum absolute atomic E-state index is 12.0. The summed E-state index contributed by atoms with van der Waals surface area (Å²) in [4.78, 5) is 25.1. The second kappa shape index (κ2) is 6.68. The summed E-state index contributed by atoms with van der Waals surface area (Å²) in [7, 11) is 3.91. The molecule has 1 saturated heterocycles. The summed E-state index contributed by atoms with van der Waals surface area (Å²) < 4.78 is 9.79. The number of carbonyl (C=O) groups is 1. The molecule has 0 aromatic carbocycles. The zero-order valence-electron chi connectivity index (χ0n) is 14.3. The molecule has 3 heterocycles. The minimum atomic E-state index is -0.251. The van der Waals surface area contributed by atoms with E-state index in [2.05, 4.69) is 29.7 Å². The summed E-state index contributed by atoms with van der Waals surface area (Å²) in [5.41, 5.74) is 0. The van der Waals surface area contributed by atoms with Crippen molar-refractivity contribution in [3.05, 3.63) is 17.5 Å². The van der Waals surface area contributed by atoms with Crippen molar-refractivity contribution in [2.24, 2.45) is 0 Å². The van der Waals surface area contributed by atoms with Crippen LogP contribution in [0.25, 0.3) is 0 Å². The topological polar surface area (TPSA) is 100 Å².